The number of carbonyl (C=O) groups is 3. The molecule has 0 saturated heterocycles. The molecule has 0 aliphatic rings. The maximum Gasteiger partial charge on any atom is 0.357 e. The average Bonchev–Trinajstić information content (AvgIpc) is 2.67. The molecular weight excluding hydrogens is 252 g/mol. The van der Waals surface area contributed by atoms with Crippen molar-refractivity contribution in [1.82, 2.24) is 15.1 Å². The number of carboxylic acids is 1. The number of carboxylic acid groups (broad SMARTS) is 1. The second-order valence-corrected chi connectivity index (χ2v) is 3.74. The lowest BCUT2D eigenvalue weighted by atomic mass is 10.2. The number of hydrogen-bond acceptors (Lipinski definition) is 4. The van der Waals surface area contributed by atoms with Crippen LogP contribution in [0, 0.1) is 0 Å². The number of rotatable bonds is 3. The summed E-state index contributed by atoms with van der Waals surface area (Å²) in [5.74, 6) is -1.86. The van der Waals surface area contributed by atoms with Gasteiger partial charge in [-0.15, -0.1) is 0 Å². The Labute approximate surface area is 106 Å². The number of benzene rings is 1. The number of nitrogens with two attached hydrogens (primary N) is 1. The number of primary amides is 1. The normalized spacial score (nSPS) is 10.3. The van der Waals surface area contributed by atoms with E-state index in [2.05, 4.69) is 5.10 Å². The maximum absolute atomic E-state index is 11.4. The highest BCUT2D eigenvalue weighted by Crippen LogP contribution is 2.18. The van der Waals surface area contributed by atoms with E-state index in [9.17, 15) is 14.4 Å². The van der Waals surface area contributed by atoms with Gasteiger partial charge in [-0.05, 0) is 6.07 Å². The molecule has 0 fully saturated rings. The zero-order valence-corrected chi connectivity index (χ0v) is 9.66. The number of imide groups is 1. The molecule has 8 heteroatoms. The highest BCUT2D eigenvalue weighted by atomic mass is 16.4. The first-order valence-electron chi connectivity index (χ1n) is 5.27. The summed E-state index contributed by atoms with van der Waals surface area (Å²) in [7, 11) is 0. The van der Waals surface area contributed by atoms with E-state index in [1.165, 1.54) is 4.68 Å². The van der Waals surface area contributed by atoms with Gasteiger partial charge in [-0.3, -0.25) is 14.8 Å². The van der Waals surface area contributed by atoms with Crippen LogP contribution in [0.2, 0.25) is 0 Å². The molecule has 1 aromatic heterocycles. The molecule has 0 unspecified atom stereocenters. The minimum Gasteiger partial charge on any atom is -0.476 e. The van der Waals surface area contributed by atoms with Crippen molar-refractivity contribution in [1.29, 1.82) is 0 Å². The van der Waals surface area contributed by atoms with Crippen molar-refractivity contribution in [3.05, 3.63) is 30.0 Å². The quantitative estimate of drug-likeness (QED) is 0.713. The summed E-state index contributed by atoms with van der Waals surface area (Å²) in [4.78, 5) is 33.0. The number of aromatic carboxylic acids is 1. The molecule has 4 N–H and O–H groups in total. The second kappa shape index (κ2) is 4.77. The predicted octanol–water partition coefficient (Wildman–Crippen LogP) is -0.0706. The second-order valence-electron chi connectivity index (χ2n) is 3.74. The molecule has 0 saturated carbocycles. The lowest BCUT2D eigenvalue weighted by Crippen LogP contribution is -2.37. The van der Waals surface area contributed by atoms with Crippen molar-refractivity contribution >= 4 is 28.8 Å². The predicted molar refractivity (Wildman–Crippen MR) is 64.4 cm³/mol. The molecule has 8 nitrogen and oxygen atoms in total. The maximum atomic E-state index is 11.4. The summed E-state index contributed by atoms with van der Waals surface area (Å²) in [5.41, 5.74) is 5.15. The van der Waals surface area contributed by atoms with Crippen LogP contribution < -0.4 is 11.1 Å². The largest absolute Gasteiger partial charge is 0.476 e. The Morgan fingerprint density at radius 2 is 2.00 bits per heavy atom. The number of para-hydroxylation sites is 1. The first kappa shape index (κ1) is 12.6. The summed E-state index contributed by atoms with van der Waals surface area (Å²) in [6, 6.07) is 5.61. The zero-order chi connectivity index (χ0) is 14.0. The van der Waals surface area contributed by atoms with Crippen LogP contribution in [0.15, 0.2) is 24.3 Å². The van der Waals surface area contributed by atoms with Crippen molar-refractivity contribution in [2.45, 2.75) is 6.54 Å². The van der Waals surface area contributed by atoms with Crippen molar-refractivity contribution < 1.29 is 19.5 Å². The van der Waals surface area contributed by atoms with Gasteiger partial charge in [0.25, 0.3) is 0 Å². The van der Waals surface area contributed by atoms with Crippen LogP contribution in [0.4, 0.5) is 4.79 Å². The number of aromatic nitrogens is 2. The van der Waals surface area contributed by atoms with Crippen LogP contribution in [-0.4, -0.2) is 32.8 Å². The molecule has 98 valence electrons. The van der Waals surface area contributed by atoms with Gasteiger partial charge >= 0.3 is 12.0 Å². The fourth-order valence-corrected chi connectivity index (χ4v) is 1.72. The van der Waals surface area contributed by atoms with Gasteiger partial charge in [0.15, 0.2) is 5.69 Å². The van der Waals surface area contributed by atoms with E-state index in [-0.39, 0.29) is 12.2 Å². The molecule has 1 heterocycles. The molecule has 2 rings (SSSR count). The van der Waals surface area contributed by atoms with E-state index in [1.807, 2.05) is 5.32 Å². The number of fused-ring (bicyclic) bond motifs is 1. The molecular formula is C11H10N4O4. The van der Waals surface area contributed by atoms with Gasteiger partial charge in [-0.25, -0.2) is 9.59 Å². The average molecular weight is 262 g/mol. The van der Waals surface area contributed by atoms with Gasteiger partial charge in [0.2, 0.25) is 5.91 Å². The molecule has 0 aliphatic carbocycles. The summed E-state index contributed by atoms with van der Waals surface area (Å²) < 4.78 is 1.21. The van der Waals surface area contributed by atoms with E-state index in [0.717, 1.165) is 0 Å². The van der Waals surface area contributed by atoms with E-state index in [1.54, 1.807) is 24.3 Å². The fraction of sp³-hybridized carbons (Fsp3) is 0.0909. The lowest BCUT2D eigenvalue weighted by Gasteiger charge is -2.02. The van der Waals surface area contributed by atoms with Gasteiger partial charge in [0.05, 0.1) is 5.52 Å². The van der Waals surface area contributed by atoms with Crippen molar-refractivity contribution in [3.63, 3.8) is 0 Å². The SMILES string of the molecule is NC(=O)NC(=O)Cn1nc(C(=O)O)c2ccccc21. The molecule has 2 aromatic rings. The van der Waals surface area contributed by atoms with Gasteiger partial charge in [0, 0.05) is 5.39 Å². The minimum atomic E-state index is -1.19. The van der Waals surface area contributed by atoms with Crippen molar-refractivity contribution in [2.24, 2.45) is 5.73 Å². The number of nitrogens with one attached hydrogen (secondary N) is 1. The van der Waals surface area contributed by atoms with E-state index in [0.29, 0.717) is 10.9 Å². The lowest BCUT2D eigenvalue weighted by molar-refractivity contribution is -0.120. The Balaban J connectivity index is 2.41. The molecule has 0 radical (unpaired) electrons. The Hall–Kier alpha value is -2.90. The monoisotopic (exact) mass is 262 g/mol. The van der Waals surface area contributed by atoms with Crippen molar-refractivity contribution in [2.75, 3.05) is 0 Å². The van der Waals surface area contributed by atoms with Gasteiger partial charge in [0.1, 0.15) is 6.54 Å². The number of hydrogen-bond donors (Lipinski definition) is 3. The Morgan fingerprint density at radius 3 is 2.63 bits per heavy atom. The Kier molecular flexibility index (Phi) is 3.15. The van der Waals surface area contributed by atoms with Crippen molar-refractivity contribution in [3.8, 4) is 0 Å². The third-order valence-corrected chi connectivity index (χ3v) is 2.42. The minimum absolute atomic E-state index is 0.150. The molecule has 1 aromatic carbocycles. The van der Waals surface area contributed by atoms with E-state index in [4.69, 9.17) is 10.8 Å². The molecule has 0 atom stereocenters. The van der Waals surface area contributed by atoms with Crippen LogP contribution >= 0.6 is 0 Å². The highest BCUT2D eigenvalue weighted by Gasteiger charge is 2.17. The first-order chi connectivity index (χ1) is 8.99. The molecule has 0 spiro atoms. The smallest absolute Gasteiger partial charge is 0.357 e. The summed E-state index contributed by atoms with van der Waals surface area (Å²) in [6.07, 6.45) is 0. The zero-order valence-electron chi connectivity index (χ0n) is 9.66. The topological polar surface area (TPSA) is 127 Å². The Morgan fingerprint density at radius 1 is 1.32 bits per heavy atom. The summed E-state index contributed by atoms with van der Waals surface area (Å²) in [6.45, 7) is -0.295. The van der Waals surface area contributed by atoms with E-state index < -0.39 is 17.9 Å². The third kappa shape index (κ3) is 2.51. The molecule has 0 aliphatic heterocycles. The number of nitrogens with zero attached hydrogens (tertiary/aromatic N) is 2. The van der Waals surface area contributed by atoms with Gasteiger partial charge < -0.3 is 10.8 Å². The fourth-order valence-electron chi connectivity index (χ4n) is 1.72. The summed E-state index contributed by atoms with van der Waals surface area (Å²) in [5, 5.41) is 15.2. The van der Waals surface area contributed by atoms with Crippen LogP contribution in [0.25, 0.3) is 10.9 Å². The summed E-state index contributed by atoms with van der Waals surface area (Å²) >= 11 is 0. The number of urea groups is 1. The number of amides is 3. The molecule has 0 bridgehead atoms. The van der Waals surface area contributed by atoms with Crippen LogP contribution in [0.5, 0.6) is 0 Å². The van der Waals surface area contributed by atoms with Gasteiger partial charge in [-0.2, -0.15) is 5.10 Å². The standard InChI is InChI=1S/C11H10N4O4/c12-11(19)13-8(16)5-15-7-4-2-1-3-6(7)9(14-15)10(17)18/h1-4H,5H2,(H,17,18)(H3,12,13,16,19). The van der Waals surface area contributed by atoms with Crippen LogP contribution in [0.3, 0.4) is 0 Å². The number of carbonyl (C=O) groups excluding carboxylic acids is 2. The first-order valence-corrected chi connectivity index (χ1v) is 5.27. The Bertz CT molecular complexity index is 676. The van der Waals surface area contributed by atoms with E-state index >= 15 is 0 Å². The highest BCUT2D eigenvalue weighted by molar-refractivity contribution is 6.01. The third-order valence-electron chi connectivity index (χ3n) is 2.42. The van der Waals surface area contributed by atoms with Crippen LogP contribution in [-0.2, 0) is 11.3 Å². The molecule has 19 heavy (non-hydrogen) atoms. The molecule has 3 amide bonds. The van der Waals surface area contributed by atoms with Gasteiger partial charge in [-0.1, -0.05) is 18.2 Å². The van der Waals surface area contributed by atoms with Crippen LogP contribution in [0.1, 0.15) is 10.5 Å².